The Hall–Kier alpha value is -3.22. The van der Waals surface area contributed by atoms with Gasteiger partial charge in [0.15, 0.2) is 17.2 Å². The lowest BCUT2D eigenvalue weighted by Crippen LogP contribution is -2.50. The van der Waals surface area contributed by atoms with Crippen LogP contribution in [0.25, 0.3) is 0 Å². The number of carbonyl (C=O) groups is 2. The van der Waals surface area contributed by atoms with E-state index in [0.29, 0.717) is 31.7 Å². The molecule has 0 unspecified atom stereocenters. The Bertz CT molecular complexity index is 900. The van der Waals surface area contributed by atoms with Crippen molar-refractivity contribution < 1.29 is 24.9 Å². The number of phenols is 3. The molecular weight excluding hydrogens is 372 g/mol. The highest BCUT2D eigenvalue weighted by atomic mass is 16.3. The summed E-state index contributed by atoms with van der Waals surface area (Å²) >= 11 is 0. The number of phenolic OH excluding ortho intramolecular Hbond substituents is 3. The molecule has 7 heteroatoms. The van der Waals surface area contributed by atoms with Gasteiger partial charge in [-0.15, -0.1) is 0 Å². The number of rotatable bonds is 2. The molecule has 1 saturated heterocycles. The maximum Gasteiger partial charge on any atom is 0.254 e. The number of hydrogen-bond donors (Lipinski definition) is 3. The van der Waals surface area contributed by atoms with Crippen LogP contribution >= 0.6 is 0 Å². The van der Waals surface area contributed by atoms with Crippen LogP contribution in [0.1, 0.15) is 47.1 Å². The molecule has 2 aromatic rings. The minimum atomic E-state index is -0.658. The summed E-state index contributed by atoms with van der Waals surface area (Å²) in [5, 5.41) is 28.6. The Morgan fingerprint density at radius 2 is 1.17 bits per heavy atom. The fourth-order valence-corrected chi connectivity index (χ4v) is 3.32. The number of hydrogen-bond acceptors (Lipinski definition) is 5. The van der Waals surface area contributed by atoms with Crippen molar-refractivity contribution >= 4 is 11.8 Å². The Kier molecular flexibility index (Phi) is 5.42. The molecule has 3 N–H and O–H groups in total. The van der Waals surface area contributed by atoms with Crippen molar-refractivity contribution in [2.24, 2.45) is 0 Å². The number of benzene rings is 2. The summed E-state index contributed by atoms with van der Waals surface area (Å²) in [6, 6.07) is 9.84. The third-order valence-electron chi connectivity index (χ3n) is 5.17. The van der Waals surface area contributed by atoms with Crippen molar-refractivity contribution in [3.8, 4) is 17.2 Å². The lowest BCUT2D eigenvalue weighted by atomic mass is 9.86. The summed E-state index contributed by atoms with van der Waals surface area (Å²) < 4.78 is 0. The molecule has 1 heterocycles. The van der Waals surface area contributed by atoms with E-state index in [1.54, 1.807) is 9.80 Å². The SMILES string of the molecule is CC(C)(C)c1ccc(C(=O)N2CCN(C(=O)c3cc(O)c(O)c(O)c3)CC2)cc1. The molecule has 3 rings (SSSR count). The van der Waals surface area contributed by atoms with Gasteiger partial charge in [0.25, 0.3) is 11.8 Å². The molecule has 0 aliphatic carbocycles. The lowest BCUT2D eigenvalue weighted by molar-refractivity contribution is 0.0535. The number of amides is 2. The van der Waals surface area contributed by atoms with Gasteiger partial charge in [0, 0.05) is 37.3 Å². The van der Waals surface area contributed by atoms with Gasteiger partial charge in [-0.25, -0.2) is 0 Å². The molecule has 0 radical (unpaired) electrons. The van der Waals surface area contributed by atoms with Crippen LogP contribution in [0.4, 0.5) is 0 Å². The van der Waals surface area contributed by atoms with Crippen LogP contribution in [0, 0.1) is 0 Å². The summed E-state index contributed by atoms with van der Waals surface area (Å²) in [6.07, 6.45) is 0. The molecule has 1 fully saturated rings. The summed E-state index contributed by atoms with van der Waals surface area (Å²) in [7, 11) is 0. The predicted molar refractivity (Wildman–Crippen MR) is 108 cm³/mol. The van der Waals surface area contributed by atoms with Crippen molar-refractivity contribution in [1.82, 2.24) is 9.80 Å². The first-order valence-corrected chi connectivity index (χ1v) is 9.52. The number of carbonyl (C=O) groups excluding carboxylic acids is 2. The van der Waals surface area contributed by atoms with Crippen LogP contribution in [-0.4, -0.2) is 63.1 Å². The van der Waals surface area contributed by atoms with Gasteiger partial charge in [0.2, 0.25) is 0 Å². The average Bonchev–Trinajstić information content (AvgIpc) is 2.70. The molecule has 0 spiro atoms. The van der Waals surface area contributed by atoms with E-state index in [4.69, 9.17) is 0 Å². The predicted octanol–water partition coefficient (Wildman–Crippen LogP) is 2.70. The summed E-state index contributed by atoms with van der Waals surface area (Å²) in [5.74, 6) is -2.22. The quantitative estimate of drug-likeness (QED) is 0.675. The summed E-state index contributed by atoms with van der Waals surface area (Å²) in [5.41, 5.74) is 1.87. The first-order chi connectivity index (χ1) is 13.6. The second-order valence-corrected chi connectivity index (χ2v) is 8.27. The van der Waals surface area contributed by atoms with Gasteiger partial charge >= 0.3 is 0 Å². The summed E-state index contributed by atoms with van der Waals surface area (Å²) in [4.78, 5) is 28.6. The highest BCUT2D eigenvalue weighted by Gasteiger charge is 2.27. The van der Waals surface area contributed by atoms with Gasteiger partial charge in [-0.05, 0) is 35.2 Å². The smallest absolute Gasteiger partial charge is 0.254 e. The standard InChI is InChI=1S/C22H26N2O5/c1-22(2,3)16-6-4-14(5-7-16)20(28)23-8-10-24(11-9-23)21(29)15-12-17(25)19(27)18(26)13-15/h4-7,12-13,25-27H,8-11H2,1-3H3. The third-order valence-corrected chi connectivity index (χ3v) is 5.17. The van der Waals surface area contributed by atoms with E-state index >= 15 is 0 Å². The van der Waals surface area contributed by atoms with Crippen molar-refractivity contribution in [3.63, 3.8) is 0 Å². The van der Waals surface area contributed by atoms with Crippen LogP contribution in [0.15, 0.2) is 36.4 Å². The average molecular weight is 398 g/mol. The van der Waals surface area contributed by atoms with Crippen molar-refractivity contribution in [2.75, 3.05) is 26.2 Å². The molecule has 2 aromatic carbocycles. The fraction of sp³-hybridized carbons (Fsp3) is 0.364. The van der Waals surface area contributed by atoms with Gasteiger partial charge < -0.3 is 25.1 Å². The van der Waals surface area contributed by atoms with Crippen LogP contribution < -0.4 is 0 Å². The van der Waals surface area contributed by atoms with E-state index in [-0.39, 0.29) is 22.8 Å². The van der Waals surface area contributed by atoms with Gasteiger partial charge in [0.05, 0.1) is 0 Å². The number of aromatic hydroxyl groups is 3. The minimum Gasteiger partial charge on any atom is -0.504 e. The van der Waals surface area contributed by atoms with Crippen LogP contribution in [0.5, 0.6) is 17.2 Å². The fourth-order valence-electron chi connectivity index (χ4n) is 3.32. The molecule has 154 valence electrons. The van der Waals surface area contributed by atoms with E-state index in [0.717, 1.165) is 17.7 Å². The van der Waals surface area contributed by atoms with Gasteiger partial charge in [-0.3, -0.25) is 9.59 Å². The maximum atomic E-state index is 12.8. The maximum absolute atomic E-state index is 12.8. The normalized spacial score (nSPS) is 14.7. The molecule has 2 amide bonds. The van der Waals surface area contributed by atoms with E-state index in [1.165, 1.54) is 0 Å². The molecule has 0 saturated carbocycles. The Labute approximate surface area is 169 Å². The van der Waals surface area contributed by atoms with E-state index in [1.807, 2.05) is 24.3 Å². The second-order valence-electron chi connectivity index (χ2n) is 8.27. The Morgan fingerprint density at radius 1 is 0.759 bits per heavy atom. The third kappa shape index (κ3) is 4.29. The zero-order valence-electron chi connectivity index (χ0n) is 16.8. The summed E-state index contributed by atoms with van der Waals surface area (Å²) in [6.45, 7) is 7.82. The van der Waals surface area contributed by atoms with E-state index in [9.17, 15) is 24.9 Å². The van der Waals surface area contributed by atoms with Crippen molar-refractivity contribution in [2.45, 2.75) is 26.2 Å². The Balaban J connectivity index is 1.64. The molecule has 7 nitrogen and oxygen atoms in total. The van der Waals surface area contributed by atoms with Crippen LogP contribution in [0.3, 0.4) is 0 Å². The van der Waals surface area contributed by atoms with Gasteiger partial charge in [-0.2, -0.15) is 0 Å². The highest BCUT2D eigenvalue weighted by molar-refractivity contribution is 5.96. The van der Waals surface area contributed by atoms with E-state index in [2.05, 4.69) is 20.8 Å². The number of piperazine rings is 1. The first-order valence-electron chi connectivity index (χ1n) is 9.52. The second kappa shape index (κ2) is 7.66. The minimum absolute atomic E-state index is 0.0185. The molecule has 29 heavy (non-hydrogen) atoms. The lowest BCUT2D eigenvalue weighted by Gasteiger charge is -2.35. The topological polar surface area (TPSA) is 101 Å². The highest BCUT2D eigenvalue weighted by Crippen LogP contribution is 2.35. The van der Waals surface area contributed by atoms with Crippen molar-refractivity contribution in [3.05, 3.63) is 53.1 Å². The largest absolute Gasteiger partial charge is 0.504 e. The van der Waals surface area contributed by atoms with Crippen molar-refractivity contribution in [1.29, 1.82) is 0 Å². The van der Waals surface area contributed by atoms with Gasteiger partial charge in [0.1, 0.15) is 0 Å². The van der Waals surface area contributed by atoms with Gasteiger partial charge in [-0.1, -0.05) is 32.9 Å². The molecule has 0 bridgehead atoms. The zero-order chi connectivity index (χ0) is 21.3. The zero-order valence-corrected chi connectivity index (χ0v) is 16.8. The Morgan fingerprint density at radius 3 is 1.59 bits per heavy atom. The molecule has 1 aliphatic rings. The molecule has 1 aliphatic heterocycles. The molecule has 0 aromatic heterocycles. The first kappa shape index (κ1) is 20.5. The van der Waals surface area contributed by atoms with Crippen LogP contribution in [-0.2, 0) is 5.41 Å². The van der Waals surface area contributed by atoms with Crippen LogP contribution in [0.2, 0.25) is 0 Å². The number of nitrogens with zero attached hydrogens (tertiary/aromatic N) is 2. The van der Waals surface area contributed by atoms with E-state index < -0.39 is 17.2 Å². The molecule has 0 atom stereocenters. The molecular formula is C22H26N2O5. The monoisotopic (exact) mass is 398 g/mol.